The predicted octanol–water partition coefficient (Wildman–Crippen LogP) is 1.74. The fraction of sp³-hybridized carbons (Fsp3) is 0.542. The van der Waals surface area contributed by atoms with Gasteiger partial charge in [0.15, 0.2) is 0 Å². The number of pyridine rings is 1. The van der Waals surface area contributed by atoms with Crippen LogP contribution < -0.4 is 21.5 Å². The van der Waals surface area contributed by atoms with Crippen molar-refractivity contribution in [2.24, 2.45) is 5.92 Å². The third-order valence-electron chi connectivity index (χ3n) is 4.56. The molecule has 1 aromatic heterocycles. The number of carbonyl (C=O) groups excluding carboxylic acids is 4. The second kappa shape index (κ2) is 14.7. The van der Waals surface area contributed by atoms with E-state index in [9.17, 15) is 24.0 Å². The second-order valence-corrected chi connectivity index (χ2v) is 8.60. The highest BCUT2D eigenvalue weighted by Gasteiger charge is 2.20. The van der Waals surface area contributed by atoms with Crippen molar-refractivity contribution in [3.8, 4) is 0 Å². The Morgan fingerprint density at radius 1 is 1.12 bits per heavy atom. The smallest absolute Gasteiger partial charge is 0.330 e. The molecule has 0 aliphatic heterocycles. The van der Waals surface area contributed by atoms with Gasteiger partial charge in [-0.25, -0.2) is 4.79 Å². The van der Waals surface area contributed by atoms with Crippen molar-refractivity contribution in [1.82, 2.24) is 15.2 Å². The van der Waals surface area contributed by atoms with E-state index in [1.54, 1.807) is 26.0 Å². The lowest BCUT2D eigenvalue weighted by atomic mass is 10.1. The lowest BCUT2D eigenvalue weighted by Gasteiger charge is -2.17. The number of nitrogens with zero attached hydrogens (tertiary/aromatic N) is 1. The third kappa shape index (κ3) is 11.4. The van der Waals surface area contributed by atoms with E-state index in [0.717, 1.165) is 6.42 Å². The monoisotopic (exact) mass is 476 g/mol. The van der Waals surface area contributed by atoms with Crippen LogP contribution in [-0.2, 0) is 30.5 Å². The first-order valence-corrected chi connectivity index (χ1v) is 11.4. The van der Waals surface area contributed by atoms with Crippen molar-refractivity contribution in [3.05, 3.63) is 40.8 Å². The van der Waals surface area contributed by atoms with Crippen LogP contribution >= 0.6 is 0 Å². The van der Waals surface area contributed by atoms with Gasteiger partial charge in [0, 0.05) is 25.7 Å². The Morgan fingerprint density at radius 3 is 2.44 bits per heavy atom. The summed E-state index contributed by atoms with van der Waals surface area (Å²) in [6.45, 7) is 9.20. The van der Waals surface area contributed by atoms with E-state index in [1.165, 1.54) is 29.8 Å². The molecule has 0 saturated heterocycles. The minimum absolute atomic E-state index is 0.00566. The van der Waals surface area contributed by atoms with Crippen LogP contribution in [0.25, 0.3) is 0 Å². The van der Waals surface area contributed by atoms with Crippen molar-refractivity contribution >= 4 is 29.4 Å². The van der Waals surface area contributed by atoms with Gasteiger partial charge in [0.05, 0.1) is 6.10 Å². The fourth-order valence-corrected chi connectivity index (χ4v) is 2.92. The van der Waals surface area contributed by atoms with Crippen molar-refractivity contribution in [1.29, 1.82) is 0 Å². The molecule has 34 heavy (non-hydrogen) atoms. The molecule has 0 aliphatic carbocycles. The number of nitrogens with one attached hydrogen (secondary N) is 3. The van der Waals surface area contributed by atoms with Crippen molar-refractivity contribution in [3.63, 3.8) is 0 Å². The van der Waals surface area contributed by atoms with Gasteiger partial charge in [0.2, 0.25) is 17.7 Å². The van der Waals surface area contributed by atoms with Gasteiger partial charge in [-0.05, 0) is 51.2 Å². The topological polar surface area (TPSA) is 136 Å². The molecule has 1 heterocycles. The zero-order valence-corrected chi connectivity index (χ0v) is 20.6. The molecule has 10 heteroatoms. The molecule has 0 radical (unpaired) electrons. The van der Waals surface area contributed by atoms with Crippen LogP contribution in [0.2, 0.25) is 0 Å². The standard InChI is InChI=1S/C24H36N4O6/c1-16(2)12-13-25-21(30)15-28-14-8-10-20(24(28)33)27-23(32)19(26-18(5)29)9-6-7-11-22(31)34-17(3)4/h7-8,10-11,14,16-17,19H,6,9,12-13,15H2,1-5H3,(H,25,30)(H,26,29)(H,27,32)/b11-7+. The summed E-state index contributed by atoms with van der Waals surface area (Å²) in [6, 6.07) is 2.06. The molecule has 0 saturated carbocycles. The van der Waals surface area contributed by atoms with Crippen molar-refractivity contribution < 1.29 is 23.9 Å². The maximum Gasteiger partial charge on any atom is 0.330 e. The Kier molecular flexibility index (Phi) is 12.3. The highest BCUT2D eigenvalue weighted by molar-refractivity contribution is 5.96. The maximum absolute atomic E-state index is 12.7. The van der Waals surface area contributed by atoms with Gasteiger partial charge in [-0.2, -0.15) is 0 Å². The Balaban J connectivity index is 2.79. The minimum Gasteiger partial charge on any atom is -0.460 e. The zero-order chi connectivity index (χ0) is 25.7. The van der Waals surface area contributed by atoms with E-state index >= 15 is 0 Å². The summed E-state index contributed by atoms with van der Waals surface area (Å²) in [5, 5.41) is 7.84. The number of hydrogen-bond acceptors (Lipinski definition) is 6. The molecule has 1 aromatic rings. The zero-order valence-electron chi connectivity index (χ0n) is 20.6. The lowest BCUT2D eigenvalue weighted by molar-refractivity contribution is -0.141. The van der Waals surface area contributed by atoms with E-state index in [2.05, 4.69) is 16.0 Å². The number of esters is 1. The lowest BCUT2D eigenvalue weighted by Crippen LogP contribution is -2.43. The number of allylic oxidation sites excluding steroid dienone is 1. The van der Waals surface area contributed by atoms with Crippen molar-refractivity contribution in [2.45, 2.75) is 72.6 Å². The van der Waals surface area contributed by atoms with Crippen LogP contribution in [0.3, 0.4) is 0 Å². The summed E-state index contributed by atoms with van der Waals surface area (Å²) in [5.41, 5.74) is -0.540. The van der Waals surface area contributed by atoms with Crippen molar-refractivity contribution in [2.75, 3.05) is 11.9 Å². The highest BCUT2D eigenvalue weighted by atomic mass is 16.5. The normalized spacial score (nSPS) is 12.0. The second-order valence-electron chi connectivity index (χ2n) is 8.60. The van der Waals surface area contributed by atoms with E-state index < -0.39 is 29.4 Å². The molecule has 0 fully saturated rings. The summed E-state index contributed by atoms with van der Waals surface area (Å²) in [5.74, 6) is -1.34. The SMILES string of the molecule is CC(=O)NC(CC/C=C/C(=O)OC(C)C)C(=O)Nc1cccn(CC(=O)NCCC(C)C)c1=O. The maximum atomic E-state index is 12.7. The van der Waals surface area contributed by atoms with Gasteiger partial charge in [0.25, 0.3) is 5.56 Å². The Hall–Kier alpha value is -3.43. The van der Waals surface area contributed by atoms with Crippen LogP contribution in [0.1, 0.15) is 53.9 Å². The summed E-state index contributed by atoms with van der Waals surface area (Å²) in [6.07, 6.45) is 5.40. The quantitative estimate of drug-likeness (QED) is 0.293. The van der Waals surface area contributed by atoms with Gasteiger partial charge >= 0.3 is 5.97 Å². The van der Waals surface area contributed by atoms with Crippen LogP contribution in [0.15, 0.2) is 35.3 Å². The summed E-state index contributed by atoms with van der Waals surface area (Å²) in [7, 11) is 0. The number of rotatable bonds is 13. The number of anilines is 1. The average molecular weight is 477 g/mol. The Morgan fingerprint density at radius 2 is 1.82 bits per heavy atom. The predicted molar refractivity (Wildman–Crippen MR) is 129 cm³/mol. The molecule has 1 atom stereocenters. The third-order valence-corrected chi connectivity index (χ3v) is 4.56. The molecule has 0 spiro atoms. The number of amides is 3. The Labute approximate surface area is 200 Å². The van der Waals surface area contributed by atoms with Gasteiger partial charge in [-0.3, -0.25) is 19.2 Å². The first-order valence-electron chi connectivity index (χ1n) is 11.4. The molecule has 0 aromatic carbocycles. The first kappa shape index (κ1) is 28.6. The van der Waals surface area contributed by atoms with E-state index in [0.29, 0.717) is 18.9 Å². The Bertz CT molecular complexity index is 936. The number of hydrogen-bond donors (Lipinski definition) is 3. The van der Waals surface area contributed by atoms with E-state index in [1.807, 2.05) is 13.8 Å². The molecule has 10 nitrogen and oxygen atoms in total. The minimum atomic E-state index is -0.921. The van der Waals surface area contributed by atoms with E-state index in [-0.39, 0.29) is 30.7 Å². The highest BCUT2D eigenvalue weighted by Crippen LogP contribution is 2.06. The fourth-order valence-electron chi connectivity index (χ4n) is 2.92. The molecule has 3 amide bonds. The van der Waals surface area contributed by atoms with Gasteiger partial charge in [0.1, 0.15) is 18.3 Å². The van der Waals surface area contributed by atoms with Crippen LogP contribution in [-0.4, -0.2) is 46.9 Å². The average Bonchev–Trinajstić information content (AvgIpc) is 2.72. The molecule has 3 N–H and O–H groups in total. The first-order chi connectivity index (χ1) is 16.0. The molecule has 188 valence electrons. The molecule has 1 rings (SSSR count). The van der Waals surface area contributed by atoms with E-state index in [4.69, 9.17) is 4.74 Å². The van der Waals surface area contributed by atoms with Crippen LogP contribution in [0.5, 0.6) is 0 Å². The van der Waals surface area contributed by atoms with Crippen LogP contribution in [0, 0.1) is 5.92 Å². The summed E-state index contributed by atoms with van der Waals surface area (Å²) < 4.78 is 6.20. The van der Waals surface area contributed by atoms with Crippen LogP contribution in [0.4, 0.5) is 5.69 Å². The molecule has 0 aliphatic rings. The summed E-state index contributed by atoms with van der Waals surface area (Å²) in [4.78, 5) is 60.7. The van der Waals surface area contributed by atoms with Gasteiger partial charge < -0.3 is 25.3 Å². The number of carbonyl (C=O) groups is 4. The van der Waals surface area contributed by atoms with Gasteiger partial charge in [-0.1, -0.05) is 19.9 Å². The molecule has 1 unspecified atom stereocenters. The summed E-state index contributed by atoms with van der Waals surface area (Å²) >= 11 is 0. The molecular formula is C24H36N4O6. The number of aromatic nitrogens is 1. The van der Waals surface area contributed by atoms with Gasteiger partial charge in [-0.15, -0.1) is 0 Å². The largest absolute Gasteiger partial charge is 0.460 e. The number of ether oxygens (including phenoxy) is 1. The molecular weight excluding hydrogens is 440 g/mol. The molecule has 0 bridgehead atoms.